The Labute approximate surface area is 175 Å². The Morgan fingerprint density at radius 3 is 2.46 bits per heavy atom. The van der Waals surface area contributed by atoms with Crippen LogP contribution in [0.5, 0.6) is 5.75 Å². The van der Waals surface area contributed by atoms with Crippen LogP contribution in [-0.2, 0) is 14.8 Å². The van der Waals surface area contributed by atoms with Crippen LogP contribution in [0.4, 0.5) is 0 Å². The second kappa shape index (κ2) is 10.8. The third-order valence-electron chi connectivity index (χ3n) is 4.09. The van der Waals surface area contributed by atoms with Gasteiger partial charge in [0, 0.05) is 0 Å². The van der Waals surface area contributed by atoms with E-state index in [1.807, 2.05) is 31.2 Å². The number of methoxy groups -OCH3 is 1. The predicted octanol–water partition coefficient (Wildman–Crippen LogP) is 4.00. The fourth-order valence-electron chi connectivity index (χ4n) is 2.61. The van der Waals surface area contributed by atoms with Crippen molar-refractivity contribution in [2.75, 3.05) is 20.5 Å². The van der Waals surface area contributed by atoms with Crippen molar-refractivity contribution in [2.24, 2.45) is 0 Å². The van der Waals surface area contributed by atoms with Crippen molar-refractivity contribution in [1.29, 1.82) is 0 Å². The molecule has 0 radical (unpaired) electrons. The van der Waals surface area contributed by atoms with Gasteiger partial charge < -0.3 is 0 Å². The second-order valence-electron chi connectivity index (χ2n) is 7.90. The monoisotopic (exact) mass is 466 g/mol. The van der Waals surface area contributed by atoms with Crippen LogP contribution in [0.1, 0.15) is 21.5 Å². The van der Waals surface area contributed by atoms with Crippen LogP contribution in [0.15, 0.2) is 42.5 Å². The SMILES string of the molecule is COCOc1cc(C)cc(C[Se]c2ccccc2)c1C(=O)OCC[Si](C)(C)C. The number of carbonyl (C=O) groups is 1. The van der Waals surface area contributed by atoms with Crippen molar-refractivity contribution in [3.63, 3.8) is 0 Å². The van der Waals surface area contributed by atoms with Gasteiger partial charge in [-0.2, -0.15) is 0 Å². The molecule has 0 fully saturated rings. The Morgan fingerprint density at radius 2 is 1.82 bits per heavy atom. The van der Waals surface area contributed by atoms with Gasteiger partial charge in [0.2, 0.25) is 0 Å². The number of ether oxygens (including phenoxy) is 3. The Hall–Kier alpha value is -1.59. The van der Waals surface area contributed by atoms with Gasteiger partial charge in [0.15, 0.2) is 0 Å². The van der Waals surface area contributed by atoms with E-state index in [0.29, 0.717) is 17.9 Å². The summed E-state index contributed by atoms with van der Waals surface area (Å²) in [5, 5.41) is 0.806. The summed E-state index contributed by atoms with van der Waals surface area (Å²) in [6.07, 6.45) is 0. The van der Waals surface area contributed by atoms with E-state index in [4.69, 9.17) is 14.2 Å². The molecule has 2 aromatic carbocycles. The van der Waals surface area contributed by atoms with Crippen molar-refractivity contribution in [3.05, 3.63) is 59.2 Å². The van der Waals surface area contributed by atoms with Crippen LogP contribution in [0.25, 0.3) is 0 Å². The van der Waals surface area contributed by atoms with Crippen molar-refractivity contribution in [3.8, 4) is 5.75 Å². The van der Waals surface area contributed by atoms with Gasteiger partial charge >= 0.3 is 176 Å². The molecule has 0 aliphatic rings. The third kappa shape index (κ3) is 7.44. The van der Waals surface area contributed by atoms with Crippen molar-refractivity contribution >= 4 is 33.5 Å². The number of carbonyl (C=O) groups excluding carboxylic acids is 1. The summed E-state index contributed by atoms with van der Waals surface area (Å²) in [6.45, 7) is 9.38. The number of esters is 1. The van der Waals surface area contributed by atoms with Gasteiger partial charge in [0.25, 0.3) is 0 Å². The number of rotatable bonds is 10. The van der Waals surface area contributed by atoms with Gasteiger partial charge in [0.05, 0.1) is 0 Å². The minimum atomic E-state index is -1.27. The van der Waals surface area contributed by atoms with Crippen molar-refractivity contribution in [1.82, 2.24) is 0 Å². The molecule has 0 aromatic heterocycles. The van der Waals surface area contributed by atoms with E-state index in [1.165, 1.54) is 4.46 Å². The fourth-order valence-corrected chi connectivity index (χ4v) is 5.21. The molecule has 0 saturated heterocycles. The Kier molecular flexibility index (Phi) is 8.77. The summed E-state index contributed by atoms with van der Waals surface area (Å²) >= 11 is 0.223. The summed E-state index contributed by atoms with van der Waals surface area (Å²) in [5.41, 5.74) is 2.58. The zero-order chi connectivity index (χ0) is 20.6. The molecule has 2 aromatic rings. The van der Waals surface area contributed by atoms with Gasteiger partial charge in [-0.05, 0) is 0 Å². The van der Waals surface area contributed by atoms with Crippen LogP contribution < -0.4 is 9.20 Å². The second-order valence-corrected chi connectivity index (χ2v) is 15.7. The van der Waals surface area contributed by atoms with Gasteiger partial charge in [0.1, 0.15) is 0 Å². The number of aryl methyl sites for hydroxylation is 1. The first-order valence-corrected chi connectivity index (χ1v) is 15.2. The molecule has 4 nitrogen and oxygen atoms in total. The molecule has 0 N–H and O–H groups in total. The minimum absolute atomic E-state index is 0.0991. The zero-order valence-corrected chi connectivity index (χ0v) is 20.1. The van der Waals surface area contributed by atoms with Crippen LogP contribution in [0, 0.1) is 6.92 Å². The topological polar surface area (TPSA) is 44.8 Å². The molecule has 0 heterocycles. The Bertz CT molecular complexity index is 772. The normalized spacial score (nSPS) is 11.3. The van der Waals surface area contributed by atoms with E-state index in [2.05, 4.69) is 37.8 Å². The first kappa shape index (κ1) is 22.7. The molecule has 2 rings (SSSR count). The van der Waals surface area contributed by atoms with Crippen LogP contribution in [0.3, 0.4) is 0 Å². The van der Waals surface area contributed by atoms with Crippen molar-refractivity contribution in [2.45, 2.75) is 37.9 Å². The van der Waals surface area contributed by atoms with Gasteiger partial charge in [-0.1, -0.05) is 0 Å². The summed E-state index contributed by atoms with van der Waals surface area (Å²) in [6, 6.07) is 15.3. The van der Waals surface area contributed by atoms with Gasteiger partial charge in [-0.15, -0.1) is 0 Å². The predicted molar refractivity (Wildman–Crippen MR) is 118 cm³/mol. The molecule has 6 heteroatoms. The first-order valence-electron chi connectivity index (χ1n) is 9.40. The van der Waals surface area contributed by atoms with Crippen molar-refractivity contribution < 1.29 is 19.0 Å². The molecule has 28 heavy (non-hydrogen) atoms. The third-order valence-corrected chi connectivity index (χ3v) is 8.02. The molecule has 0 spiro atoms. The summed E-state index contributed by atoms with van der Waals surface area (Å²) in [7, 11) is 0.304. The molecule has 0 saturated carbocycles. The Morgan fingerprint density at radius 1 is 1.11 bits per heavy atom. The molecule has 0 atom stereocenters. The average molecular weight is 466 g/mol. The zero-order valence-electron chi connectivity index (χ0n) is 17.4. The molecule has 0 unspecified atom stereocenters. The van der Waals surface area contributed by atoms with E-state index in [0.717, 1.165) is 22.5 Å². The molecule has 152 valence electrons. The molecule has 0 aliphatic heterocycles. The molecule has 0 bridgehead atoms. The number of hydrogen-bond donors (Lipinski definition) is 0. The first-order chi connectivity index (χ1) is 13.3. The van der Waals surface area contributed by atoms with E-state index in [-0.39, 0.29) is 27.7 Å². The average Bonchev–Trinajstić information content (AvgIpc) is 2.64. The number of benzene rings is 2. The molecular formula is C22H30O4SeSi. The van der Waals surface area contributed by atoms with Gasteiger partial charge in [-0.3, -0.25) is 0 Å². The summed E-state index contributed by atoms with van der Waals surface area (Å²) < 4.78 is 17.7. The van der Waals surface area contributed by atoms with Crippen LogP contribution >= 0.6 is 0 Å². The number of hydrogen-bond acceptors (Lipinski definition) is 4. The van der Waals surface area contributed by atoms with E-state index in [9.17, 15) is 4.79 Å². The summed E-state index contributed by atoms with van der Waals surface area (Å²) in [5.74, 6) is 0.238. The molecule has 0 amide bonds. The van der Waals surface area contributed by atoms with Crippen LogP contribution in [0.2, 0.25) is 25.7 Å². The van der Waals surface area contributed by atoms with Crippen LogP contribution in [-0.4, -0.2) is 49.5 Å². The van der Waals surface area contributed by atoms with E-state index < -0.39 is 8.07 Å². The molecule has 0 aliphatic carbocycles. The quantitative estimate of drug-likeness (QED) is 0.302. The van der Waals surface area contributed by atoms with Gasteiger partial charge in [-0.25, -0.2) is 0 Å². The molecular weight excluding hydrogens is 435 g/mol. The Balaban J connectivity index is 2.25. The van der Waals surface area contributed by atoms with E-state index >= 15 is 0 Å². The fraction of sp³-hybridized carbons (Fsp3) is 0.409. The maximum absolute atomic E-state index is 12.9. The maximum atomic E-state index is 12.9. The van der Waals surface area contributed by atoms with E-state index in [1.54, 1.807) is 7.11 Å². The standard InChI is InChI=1S/C22H30O4SeSi/c1-17-13-18(15-27-19-9-7-6-8-10-19)21(20(14-17)26-16-24-2)22(23)25-11-12-28(3,4)5/h6-10,13-14H,11-12,15-16H2,1-5H3. The summed E-state index contributed by atoms with van der Waals surface area (Å²) in [4.78, 5) is 12.9.